The summed E-state index contributed by atoms with van der Waals surface area (Å²) in [6.07, 6.45) is 1.38. The summed E-state index contributed by atoms with van der Waals surface area (Å²) in [5.74, 6) is -0.301. The molecule has 6 heteroatoms. The minimum atomic E-state index is -0.236. The van der Waals surface area contributed by atoms with Crippen molar-refractivity contribution in [1.82, 2.24) is 15.2 Å². The van der Waals surface area contributed by atoms with Crippen LogP contribution in [0.4, 0.5) is 4.39 Å². The first-order valence-electron chi connectivity index (χ1n) is 7.31. The van der Waals surface area contributed by atoms with Crippen LogP contribution in [0.3, 0.4) is 0 Å². The number of thiazole rings is 1. The molecule has 1 saturated heterocycles. The Morgan fingerprint density at radius 3 is 3.05 bits per heavy atom. The molecule has 116 valence electrons. The number of carbonyl (C=O) groups is 1. The Balaban J connectivity index is 1.70. The predicted molar refractivity (Wildman–Crippen MR) is 84.7 cm³/mol. The first kappa shape index (κ1) is 15.1. The summed E-state index contributed by atoms with van der Waals surface area (Å²) >= 11 is 1.40. The van der Waals surface area contributed by atoms with Crippen molar-refractivity contribution in [3.8, 4) is 0 Å². The number of nitrogens with zero attached hydrogens (tertiary/aromatic N) is 2. The van der Waals surface area contributed by atoms with E-state index in [4.69, 9.17) is 0 Å². The fourth-order valence-corrected chi connectivity index (χ4v) is 3.40. The maximum Gasteiger partial charge on any atom is 0.273 e. The first-order chi connectivity index (χ1) is 10.6. The number of likely N-dealkylation sites (N-methyl/N-ethyl adjacent to an activating group) is 1. The van der Waals surface area contributed by atoms with Crippen LogP contribution in [0.5, 0.6) is 0 Å². The highest BCUT2D eigenvalue weighted by molar-refractivity contribution is 7.09. The van der Waals surface area contributed by atoms with Gasteiger partial charge in [-0.1, -0.05) is 18.2 Å². The van der Waals surface area contributed by atoms with Crippen molar-refractivity contribution >= 4 is 17.2 Å². The maximum atomic E-state index is 13.7. The Labute approximate surface area is 133 Å². The van der Waals surface area contributed by atoms with Crippen LogP contribution in [-0.4, -0.2) is 42.0 Å². The number of carbonyl (C=O) groups excluding carboxylic acids is 1. The number of hydrogen-bond acceptors (Lipinski definition) is 4. The Bertz CT molecular complexity index is 667. The Kier molecular flexibility index (Phi) is 4.49. The van der Waals surface area contributed by atoms with Gasteiger partial charge in [0.1, 0.15) is 11.5 Å². The summed E-state index contributed by atoms with van der Waals surface area (Å²) in [5.41, 5.74) is 1.05. The minimum Gasteiger partial charge on any atom is -0.336 e. The quantitative estimate of drug-likeness (QED) is 0.940. The molecule has 3 rings (SSSR count). The number of rotatable bonds is 4. The van der Waals surface area contributed by atoms with Crippen molar-refractivity contribution in [2.45, 2.75) is 18.9 Å². The van der Waals surface area contributed by atoms with E-state index in [0.29, 0.717) is 17.7 Å². The number of benzene rings is 1. The highest BCUT2D eigenvalue weighted by Gasteiger charge is 2.25. The lowest BCUT2D eigenvalue weighted by Crippen LogP contribution is -2.38. The fraction of sp³-hybridized carbons (Fsp3) is 0.375. The molecule has 0 spiro atoms. The van der Waals surface area contributed by atoms with E-state index in [1.165, 1.54) is 17.4 Å². The molecule has 22 heavy (non-hydrogen) atoms. The highest BCUT2D eigenvalue weighted by atomic mass is 32.1. The lowest BCUT2D eigenvalue weighted by Gasteiger charge is -2.22. The van der Waals surface area contributed by atoms with Crippen LogP contribution < -0.4 is 5.32 Å². The summed E-state index contributed by atoms with van der Waals surface area (Å²) in [6, 6.07) is 6.88. The molecule has 0 radical (unpaired) electrons. The zero-order valence-electron chi connectivity index (χ0n) is 12.4. The van der Waals surface area contributed by atoms with Crippen LogP contribution in [0.1, 0.15) is 27.5 Å². The maximum absolute atomic E-state index is 13.7. The van der Waals surface area contributed by atoms with E-state index in [0.717, 1.165) is 24.5 Å². The molecule has 4 nitrogen and oxygen atoms in total. The Hall–Kier alpha value is -1.79. The molecule has 0 unspecified atom stereocenters. The van der Waals surface area contributed by atoms with Gasteiger partial charge in [-0.25, -0.2) is 9.37 Å². The standard InChI is InChI=1S/C16H18FN3OS/c1-20(12-6-7-18-9-12)16(21)14-10-22-15(19-14)8-11-4-2-3-5-13(11)17/h2-5,10,12,18H,6-9H2,1H3/t12-/m0/s1. The molecule has 1 amide bonds. The molecule has 1 aliphatic rings. The molecule has 2 aromatic rings. The minimum absolute atomic E-state index is 0.0651. The van der Waals surface area contributed by atoms with Crippen molar-refractivity contribution < 1.29 is 9.18 Å². The second-order valence-corrected chi connectivity index (χ2v) is 6.40. The van der Waals surface area contributed by atoms with Gasteiger partial charge in [0.2, 0.25) is 0 Å². The molecule has 1 aliphatic heterocycles. The third kappa shape index (κ3) is 3.18. The van der Waals surface area contributed by atoms with Gasteiger partial charge < -0.3 is 10.2 Å². The molecule has 1 aromatic heterocycles. The van der Waals surface area contributed by atoms with Crippen molar-refractivity contribution in [2.75, 3.05) is 20.1 Å². The first-order valence-corrected chi connectivity index (χ1v) is 8.19. The summed E-state index contributed by atoms with van der Waals surface area (Å²) in [4.78, 5) is 18.6. The van der Waals surface area contributed by atoms with Gasteiger partial charge in [-0.05, 0) is 24.6 Å². The molecule has 0 bridgehead atoms. The summed E-state index contributed by atoms with van der Waals surface area (Å²) in [6.45, 7) is 1.77. The van der Waals surface area contributed by atoms with Gasteiger partial charge in [-0.15, -0.1) is 11.3 Å². The van der Waals surface area contributed by atoms with Gasteiger partial charge in [0.25, 0.3) is 5.91 Å². The zero-order chi connectivity index (χ0) is 15.5. The highest BCUT2D eigenvalue weighted by Crippen LogP contribution is 2.19. The molecule has 1 aromatic carbocycles. The second-order valence-electron chi connectivity index (χ2n) is 5.46. The van der Waals surface area contributed by atoms with Gasteiger partial charge >= 0.3 is 0 Å². The average molecular weight is 319 g/mol. The van der Waals surface area contributed by atoms with E-state index in [1.807, 2.05) is 7.05 Å². The van der Waals surface area contributed by atoms with Gasteiger partial charge in [-0.2, -0.15) is 0 Å². The molecule has 1 fully saturated rings. The number of nitrogens with one attached hydrogen (secondary N) is 1. The number of hydrogen-bond donors (Lipinski definition) is 1. The molecule has 1 atom stereocenters. The van der Waals surface area contributed by atoms with E-state index in [9.17, 15) is 9.18 Å². The summed E-state index contributed by atoms with van der Waals surface area (Å²) < 4.78 is 13.7. The van der Waals surface area contributed by atoms with Crippen LogP contribution in [0.25, 0.3) is 0 Å². The van der Waals surface area contributed by atoms with E-state index in [1.54, 1.807) is 28.5 Å². The van der Waals surface area contributed by atoms with Gasteiger partial charge in [0, 0.05) is 31.4 Å². The number of aromatic nitrogens is 1. The van der Waals surface area contributed by atoms with Crippen molar-refractivity contribution in [3.63, 3.8) is 0 Å². The summed E-state index contributed by atoms with van der Waals surface area (Å²) in [7, 11) is 1.82. The third-order valence-electron chi connectivity index (χ3n) is 3.97. The smallest absolute Gasteiger partial charge is 0.273 e. The van der Waals surface area contributed by atoms with Gasteiger partial charge in [-0.3, -0.25) is 4.79 Å². The van der Waals surface area contributed by atoms with Crippen LogP contribution in [0.15, 0.2) is 29.6 Å². The van der Waals surface area contributed by atoms with Crippen LogP contribution in [0.2, 0.25) is 0 Å². The summed E-state index contributed by atoms with van der Waals surface area (Å²) in [5, 5.41) is 5.77. The third-order valence-corrected chi connectivity index (χ3v) is 4.82. The normalized spacial score (nSPS) is 17.6. The average Bonchev–Trinajstić information content (AvgIpc) is 3.19. The number of halogens is 1. The monoisotopic (exact) mass is 319 g/mol. The van der Waals surface area contributed by atoms with Crippen molar-refractivity contribution in [2.24, 2.45) is 0 Å². The second kappa shape index (κ2) is 6.54. The predicted octanol–water partition coefficient (Wildman–Crippen LogP) is 2.31. The molecule has 0 saturated carbocycles. The van der Waals surface area contributed by atoms with Crippen molar-refractivity contribution in [1.29, 1.82) is 0 Å². The van der Waals surface area contributed by atoms with E-state index in [2.05, 4.69) is 10.3 Å². The lowest BCUT2D eigenvalue weighted by molar-refractivity contribution is 0.0738. The van der Waals surface area contributed by atoms with Gasteiger partial charge in [0.05, 0.1) is 5.01 Å². The van der Waals surface area contributed by atoms with E-state index >= 15 is 0 Å². The Morgan fingerprint density at radius 1 is 1.50 bits per heavy atom. The molecule has 1 N–H and O–H groups in total. The van der Waals surface area contributed by atoms with Crippen LogP contribution >= 0.6 is 11.3 Å². The van der Waals surface area contributed by atoms with Crippen molar-refractivity contribution in [3.05, 3.63) is 51.7 Å². The Morgan fingerprint density at radius 2 is 2.32 bits per heavy atom. The van der Waals surface area contributed by atoms with Crippen LogP contribution in [-0.2, 0) is 6.42 Å². The lowest BCUT2D eigenvalue weighted by atomic mass is 10.1. The fourth-order valence-electron chi connectivity index (χ4n) is 2.61. The topological polar surface area (TPSA) is 45.2 Å². The zero-order valence-corrected chi connectivity index (χ0v) is 13.2. The van der Waals surface area contributed by atoms with E-state index in [-0.39, 0.29) is 17.8 Å². The van der Waals surface area contributed by atoms with Crippen LogP contribution in [0, 0.1) is 5.82 Å². The van der Waals surface area contributed by atoms with Gasteiger partial charge in [0.15, 0.2) is 0 Å². The molecule has 0 aliphatic carbocycles. The number of amides is 1. The molecular weight excluding hydrogens is 301 g/mol. The largest absolute Gasteiger partial charge is 0.336 e. The van der Waals surface area contributed by atoms with E-state index < -0.39 is 0 Å². The molecular formula is C16H18FN3OS. The SMILES string of the molecule is CN(C(=O)c1csc(Cc2ccccc2F)n1)[C@H]1CCNC1. The molecule has 2 heterocycles.